The lowest BCUT2D eigenvalue weighted by molar-refractivity contribution is 0.110. The molecule has 0 atom stereocenters. The molecule has 5 heteroatoms. The van der Waals surface area contributed by atoms with Gasteiger partial charge in [-0.25, -0.2) is 9.97 Å². The Bertz CT molecular complexity index is 534. The second-order valence-corrected chi connectivity index (χ2v) is 3.73. The van der Waals surface area contributed by atoms with Crippen molar-refractivity contribution in [2.75, 3.05) is 13.2 Å². The highest BCUT2D eigenvalue weighted by Gasteiger charge is 2.10. The quantitative estimate of drug-likeness (QED) is 0.581. The van der Waals surface area contributed by atoms with Gasteiger partial charge in [-0.2, -0.15) is 0 Å². The zero-order valence-corrected chi connectivity index (χ0v) is 10.0. The minimum absolute atomic E-state index is 0.401. The van der Waals surface area contributed by atoms with Crippen molar-refractivity contribution in [1.82, 2.24) is 14.5 Å². The number of aromatic nitrogens is 3. The maximum atomic E-state index is 11.0. The van der Waals surface area contributed by atoms with Crippen LogP contribution in [-0.4, -0.2) is 34.0 Å². The fourth-order valence-corrected chi connectivity index (χ4v) is 1.72. The first kappa shape index (κ1) is 11.7. The van der Waals surface area contributed by atoms with Crippen molar-refractivity contribution >= 4 is 17.5 Å². The predicted molar refractivity (Wildman–Crippen MR) is 64.1 cm³/mol. The van der Waals surface area contributed by atoms with Crippen LogP contribution in [0.4, 0.5) is 0 Å². The highest BCUT2D eigenvalue weighted by molar-refractivity contribution is 5.80. The SMILES string of the molecule is CCOCCn1c(C=O)nc2ccc(C)nc21. The Morgan fingerprint density at radius 1 is 1.41 bits per heavy atom. The second kappa shape index (κ2) is 5.05. The number of carbonyl (C=O) groups is 1. The predicted octanol–water partition coefficient (Wildman–Crippen LogP) is 1.59. The van der Waals surface area contributed by atoms with E-state index in [-0.39, 0.29) is 0 Å². The van der Waals surface area contributed by atoms with Gasteiger partial charge in [0.15, 0.2) is 17.8 Å². The van der Waals surface area contributed by atoms with Crippen LogP contribution in [0.2, 0.25) is 0 Å². The minimum Gasteiger partial charge on any atom is -0.380 e. The molecule has 2 aromatic rings. The van der Waals surface area contributed by atoms with Gasteiger partial charge in [-0.05, 0) is 26.0 Å². The monoisotopic (exact) mass is 233 g/mol. The maximum absolute atomic E-state index is 11.0. The summed E-state index contributed by atoms with van der Waals surface area (Å²) in [7, 11) is 0. The number of ether oxygens (including phenoxy) is 1. The number of fused-ring (bicyclic) bond motifs is 1. The van der Waals surface area contributed by atoms with Crippen LogP contribution < -0.4 is 0 Å². The Labute approximate surface area is 99.4 Å². The molecule has 0 radical (unpaired) electrons. The van der Waals surface area contributed by atoms with Crippen molar-refractivity contribution in [3.05, 3.63) is 23.7 Å². The summed E-state index contributed by atoms with van der Waals surface area (Å²) in [5.74, 6) is 0.401. The van der Waals surface area contributed by atoms with E-state index in [9.17, 15) is 4.79 Å². The summed E-state index contributed by atoms with van der Waals surface area (Å²) in [6.45, 7) is 5.66. The number of rotatable bonds is 5. The van der Waals surface area contributed by atoms with E-state index in [4.69, 9.17) is 4.74 Å². The van der Waals surface area contributed by atoms with Gasteiger partial charge in [-0.15, -0.1) is 0 Å². The lowest BCUT2D eigenvalue weighted by Crippen LogP contribution is -2.09. The molecule has 0 aliphatic rings. The normalized spacial score (nSPS) is 10.9. The van der Waals surface area contributed by atoms with Crippen molar-refractivity contribution in [2.45, 2.75) is 20.4 Å². The van der Waals surface area contributed by atoms with Crippen LogP contribution >= 0.6 is 0 Å². The highest BCUT2D eigenvalue weighted by Crippen LogP contribution is 2.13. The molecule has 0 bridgehead atoms. The molecule has 0 saturated carbocycles. The smallest absolute Gasteiger partial charge is 0.185 e. The first-order chi connectivity index (χ1) is 8.26. The Morgan fingerprint density at radius 2 is 2.24 bits per heavy atom. The number of hydrogen-bond acceptors (Lipinski definition) is 4. The summed E-state index contributed by atoms with van der Waals surface area (Å²) in [5, 5.41) is 0. The summed E-state index contributed by atoms with van der Waals surface area (Å²) >= 11 is 0. The van der Waals surface area contributed by atoms with Gasteiger partial charge < -0.3 is 9.30 Å². The summed E-state index contributed by atoms with van der Waals surface area (Å²) in [6.07, 6.45) is 0.753. The van der Waals surface area contributed by atoms with E-state index in [0.29, 0.717) is 25.6 Å². The number of aldehydes is 1. The molecule has 2 heterocycles. The Kier molecular flexibility index (Phi) is 3.49. The fraction of sp³-hybridized carbons (Fsp3) is 0.417. The Balaban J connectivity index is 2.41. The van der Waals surface area contributed by atoms with Crippen molar-refractivity contribution in [1.29, 1.82) is 0 Å². The van der Waals surface area contributed by atoms with Gasteiger partial charge in [0.1, 0.15) is 5.52 Å². The third-order valence-corrected chi connectivity index (χ3v) is 2.53. The second-order valence-electron chi connectivity index (χ2n) is 3.73. The number of aryl methyl sites for hydroxylation is 1. The number of hydrogen-bond donors (Lipinski definition) is 0. The average Bonchev–Trinajstić information content (AvgIpc) is 2.67. The molecule has 0 amide bonds. The van der Waals surface area contributed by atoms with Crippen LogP contribution in [0.3, 0.4) is 0 Å². The molecule has 0 spiro atoms. The molecule has 2 rings (SSSR count). The lowest BCUT2D eigenvalue weighted by Gasteiger charge is -2.05. The summed E-state index contributed by atoms with van der Waals surface area (Å²) in [5.41, 5.74) is 2.40. The number of pyridine rings is 1. The van der Waals surface area contributed by atoms with Crippen LogP contribution in [0.1, 0.15) is 23.2 Å². The van der Waals surface area contributed by atoms with Crippen molar-refractivity contribution < 1.29 is 9.53 Å². The van der Waals surface area contributed by atoms with Crippen LogP contribution in [-0.2, 0) is 11.3 Å². The maximum Gasteiger partial charge on any atom is 0.185 e. The molecular formula is C12H15N3O2. The van der Waals surface area contributed by atoms with Crippen molar-refractivity contribution in [3.63, 3.8) is 0 Å². The average molecular weight is 233 g/mol. The van der Waals surface area contributed by atoms with Crippen LogP contribution in [0.25, 0.3) is 11.2 Å². The molecule has 0 unspecified atom stereocenters. The van der Waals surface area contributed by atoms with E-state index >= 15 is 0 Å². The van der Waals surface area contributed by atoms with Gasteiger partial charge in [0.2, 0.25) is 0 Å². The number of imidazole rings is 1. The largest absolute Gasteiger partial charge is 0.380 e. The van der Waals surface area contributed by atoms with Crippen molar-refractivity contribution in [3.8, 4) is 0 Å². The van der Waals surface area contributed by atoms with Crippen LogP contribution in [0, 0.1) is 6.92 Å². The van der Waals surface area contributed by atoms with Crippen LogP contribution in [0.15, 0.2) is 12.1 Å². The van der Waals surface area contributed by atoms with Gasteiger partial charge in [0.25, 0.3) is 0 Å². The summed E-state index contributed by atoms with van der Waals surface area (Å²) < 4.78 is 7.09. The van der Waals surface area contributed by atoms with Crippen LogP contribution in [0.5, 0.6) is 0 Å². The van der Waals surface area contributed by atoms with Gasteiger partial charge in [0, 0.05) is 18.8 Å². The molecule has 0 N–H and O–H groups in total. The van der Waals surface area contributed by atoms with E-state index < -0.39 is 0 Å². The molecule has 0 aromatic carbocycles. The zero-order valence-electron chi connectivity index (χ0n) is 10.0. The first-order valence-electron chi connectivity index (χ1n) is 5.63. The Hall–Kier alpha value is -1.75. The minimum atomic E-state index is 0.401. The number of carbonyl (C=O) groups excluding carboxylic acids is 1. The molecular weight excluding hydrogens is 218 g/mol. The molecule has 0 aliphatic heterocycles. The third-order valence-electron chi connectivity index (χ3n) is 2.53. The highest BCUT2D eigenvalue weighted by atomic mass is 16.5. The fourth-order valence-electron chi connectivity index (χ4n) is 1.72. The Morgan fingerprint density at radius 3 is 2.94 bits per heavy atom. The van der Waals surface area contributed by atoms with Gasteiger partial charge in [-0.3, -0.25) is 4.79 Å². The van der Waals surface area contributed by atoms with Crippen molar-refractivity contribution in [2.24, 2.45) is 0 Å². The van der Waals surface area contributed by atoms with E-state index in [1.54, 1.807) is 4.57 Å². The standard InChI is InChI=1S/C12H15N3O2/c1-3-17-7-6-15-11(8-16)14-10-5-4-9(2)13-12(10)15/h4-5,8H,3,6-7H2,1-2H3. The molecule has 0 aliphatic carbocycles. The molecule has 0 saturated heterocycles. The molecule has 90 valence electrons. The lowest BCUT2D eigenvalue weighted by atomic mass is 10.3. The molecule has 0 fully saturated rings. The van der Waals surface area contributed by atoms with E-state index in [1.165, 1.54) is 0 Å². The first-order valence-corrected chi connectivity index (χ1v) is 5.63. The van der Waals surface area contributed by atoms with Gasteiger partial charge >= 0.3 is 0 Å². The van der Waals surface area contributed by atoms with E-state index in [0.717, 1.165) is 23.1 Å². The molecule has 5 nitrogen and oxygen atoms in total. The van der Waals surface area contributed by atoms with E-state index in [2.05, 4.69) is 9.97 Å². The van der Waals surface area contributed by atoms with E-state index in [1.807, 2.05) is 26.0 Å². The zero-order chi connectivity index (χ0) is 12.3. The summed E-state index contributed by atoms with van der Waals surface area (Å²) in [6, 6.07) is 3.76. The molecule has 2 aromatic heterocycles. The number of nitrogens with zero attached hydrogens (tertiary/aromatic N) is 3. The van der Waals surface area contributed by atoms with Gasteiger partial charge in [-0.1, -0.05) is 0 Å². The summed E-state index contributed by atoms with van der Waals surface area (Å²) in [4.78, 5) is 19.6. The molecule has 17 heavy (non-hydrogen) atoms. The topological polar surface area (TPSA) is 57.0 Å². The third kappa shape index (κ3) is 2.34. The van der Waals surface area contributed by atoms with Gasteiger partial charge in [0.05, 0.1) is 6.61 Å².